The van der Waals surface area contributed by atoms with Gasteiger partial charge in [-0.25, -0.2) is 19.0 Å². The van der Waals surface area contributed by atoms with Crippen molar-refractivity contribution < 1.29 is 41.4 Å². The molecule has 0 amide bonds. The summed E-state index contributed by atoms with van der Waals surface area (Å²) in [6, 6.07) is 2.80. The second kappa shape index (κ2) is 8.04. The number of carbonyl (C=O) groups excluding carboxylic acids is 1. The van der Waals surface area contributed by atoms with Crippen LogP contribution in [-0.4, -0.2) is 38.0 Å². The van der Waals surface area contributed by atoms with Crippen LogP contribution in [0.2, 0.25) is 5.02 Å². The average Bonchev–Trinajstić information content (AvgIpc) is 2.64. The number of esters is 1. The molecule has 0 aliphatic rings. The SMILES string of the molecule is Cn1c(C(F)(F)C(F)(F)F)cc(=O)n(-c2ccc(Cl)c(C(=O)OC(C)(C)C(=O)O)c2)c1=O. The predicted octanol–water partition coefficient (Wildman–Crippen LogP) is 2.86. The zero-order valence-electron chi connectivity index (χ0n) is 16.5. The molecule has 1 heterocycles. The van der Waals surface area contributed by atoms with Crippen molar-refractivity contribution >= 4 is 23.5 Å². The quantitative estimate of drug-likeness (QED) is 0.516. The van der Waals surface area contributed by atoms with Gasteiger partial charge >= 0.3 is 29.7 Å². The molecule has 0 spiro atoms. The fraction of sp³-hybridized carbons (Fsp3) is 0.333. The molecule has 0 saturated heterocycles. The summed E-state index contributed by atoms with van der Waals surface area (Å²) in [6.07, 6.45) is -6.07. The van der Waals surface area contributed by atoms with E-state index in [0.29, 0.717) is 7.05 Å². The molecule has 1 aromatic carbocycles. The highest BCUT2D eigenvalue weighted by Gasteiger charge is 2.60. The third kappa shape index (κ3) is 4.38. The molecule has 0 aliphatic heterocycles. The maximum Gasteiger partial charge on any atom is 0.459 e. The Morgan fingerprint density at radius 3 is 2.12 bits per heavy atom. The van der Waals surface area contributed by atoms with Gasteiger partial charge in [0.2, 0.25) is 5.60 Å². The minimum Gasteiger partial charge on any atom is -0.478 e. The summed E-state index contributed by atoms with van der Waals surface area (Å²) in [5.41, 5.74) is -7.87. The van der Waals surface area contributed by atoms with Crippen LogP contribution < -0.4 is 11.2 Å². The Labute approximate surface area is 180 Å². The molecule has 1 N–H and O–H groups in total. The lowest BCUT2D eigenvalue weighted by Crippen LogP contribution is -2.45. The maximum atomic E-state index is 13.7. The van der Waals surface area contributed by atoms with Crippen molar-refractivity contribution in [2.75, 3.05) is 0 Å². The number of hydrogen-bond donors (Lipinski definition) is 1. The van der Waals surface area contributed by atoms with Crippen molar-refractivity contribution in [3.63, 3.8) is 0 Å². The van der Waals surface area contributed by atoms with Crippen molar-refractivity contribution in [1.29, 1.82) is 0 Å². The molecular formula is C18H14ClF5N2O6. The fourth-order valence-corrected chi connectivity index (χ4v) is 2.64. The van der Waals surface area contributed by atoms with E-state index in [0.717, 1.165) is 32.0 Å². The molecule has 0 aliphatic carbocycles. The lowest BCUT2D eigenvalue weighted by atomic mass is 10.1. The maximum absolute atomic E-state index is 13.7. The van der Waals surface area contributed by atoms with Crippen LogP contribution in [0.3, 0.4) is 0 Å². The number of halogens is 6. The molecule has 0 atom stereocenters. The molecule has 174 valence electrons. The molecule has 2 aromatic rings. The van der Waals surface area contributed by atoms with Gasteiger partial charge in [-0.05, 0) is 32.0 Å². The van der Waals surface area contributed by atoms with Crippen molar-refractivity contribution in [2.45, 2.75) is 31.5 Å². The third-order valence-electron chi connectivity index (χ3n) is 4.29. The lowest BCUT2D eigenvalue weighted by Gasteiger charge is -2.22. The molecule has 0 bridgehead atoms. The smallest absolute Gasteiger partial charge is 0.459 e. The summed E-state index contributed by atoms with van der Waals surface area (Å²) in [5.74, 6) is -8.24. The van der Waals surface area contributed by atoms with E-state index < -0.39 is 57.8 Å². The van der Waals surface area contributed by atoms with E-state index in [1.165, 1.54) is 0 Å². The van der Waals surface area contributed by atoms with Crippen LogP contribution in [0.15, 0.2) is 33.9 Å². The fourth-order valence-electron chi connectivity index (χ4n) is 2.45. The lowest BCUT2D eigenvalue weighted by molar-refractivity contribution is -0.292. The summed E-state index contributed by atoms with van der Waals surface area (Å²) >= 11 is 5.89. The summed E-state index contributed by atoms with van der Waals surface area (Å²) in [4.78, 5) is 48.2. The second-order valence-electron chi connectivity index (χ2n) is 6.99. The zero-order chi connectivity index (χ0) is 24.8. The van der Waals surface area contributed by atoms with Gasteiger partial charge in [0.25, 0.3) is 5.56 Å². The Morgan fingerprint density at radius 1 is 1.06 bits per heavy atom. The van der Waals surface area contributed by atoms with Gasteiger partial charge in [0.15, 0.2) is 0 Å². The molecule has 0 radical (unpaired) electrons. The van der Waals surface area contributed by atoms with E-state index in [-0.39, 0.29) is 20.2 Å². The van der Waals surface area contributed by atoms with Crippen molar-refractivity contribution in [3.05, 3.63) is 61.4 Å². The van der Waals surface area contributed by atoms with Gasteiger partial charge in [-0.2, -0.15) is 22.0 Å². The van der Waals surface area contributed by atoms with E-state index in [4.69, 9.17) is 21.4 Å². The molecule has 8 nitrogen and oxygen atoms in total. The molecular weight excluding hydrogens is 471 g/mol. The third-order valence-corrected chi connectivity index (χ3v) is 4.62. The zero-order valence-corrected chi connectivity index (χ0v) is 17.2. The Morgan fingerprint density at radius 2 is 1.62 bits per heavy atom. The van der Waals surface area contributed by atoms with E-state index >= 15 is 0 Å². The van der Waals surface area contributed by atoms with Crippen molar-refractivity contribution in [2.24, 2.45) is 7.05 Å². The summed E-state index contributed by atoms with van der Waals surface area (Å²) in [6.45, 7) is 2.12. The molecule has 0 saturated carbocycles. The number of aliphatic carboxylic acids is 1. The van der Waals surface area contributed by atoms with E-state index in [2.05, 4.69) is 0 Å². The van der Waals surface area contributed by atoms with Crippen LogP contribution in [0.25, 0.3) is 5.69 Å². The molecule has 14 heteroatoms. The number of benzene rings is 1. The number of ether oxygens (including phenoxy) is 1. The molecule has 2 rings (SSSR count). The highest BCUT2D eigenvalue weighted by Crippen LogP contribution is 2.42. The molecule has 0 fully saturated rings. The minimum atomic E-state index is -6.07. The Hall–Kier alpha value is -3.22. The average molecular weight is 485 g/mol. The predicted molar refractivity (Wildman–Crippen MR) is 99.4 cm³/mol. The van der Waals surface area contributed by atoms with Gasteiger partial charge in [-0.1, -0.05) is 11.6 Å². The van der Waals surface area contributed by atoms with E-state index in [1.54, 1.807) is 0 Å². The normalized spacial score (nSPS) is 12.5. The Kier molecular flexibility index (Phi) is 6.29. The summed E-state index contributed by atoms with van der Waals surface area (Å²) < 4.78 is 70.4. The number of alkyl halides is 5. The first-order valence-electron chi connectivity index (χ1n) is 8.46. The number of carboxylic acids is 1. The van der Waals surface area contributed by atoms with Crippen molar-refractivity contribution in [3.8, 4) is 5.69 Å². The molecule has 0 unspecified atom stereocenters. The number of nitrogens with zero attached hydrogens (tertiary/aromatic N) is 2. The van der Waals surface area contributed by atoms with Crippen LogP contribution in [0.1, 0.15) is 29.9 Å². The van der Waals surface area contributed by atoms with Crippen LogP contribution in [0.5, 0.6) is 0 Å². The van der Waals surface area contributed by atoms with E-state index in [9.17, 15) is 41.1 Å². The Balaban J connectivity index is 2.66. The molecule has 32 heavy (non-hydrogen) atoms. The number of hydrogen-bond acceptors (Lipinski definition) is 5. The van der Waals surface area contributed by atoms with Gasteiger partial charge in [0.05, 0.1) is 16.3 Å². The molecule has 1 aromatic heterocycles. The first-order valence-corrected chi connectivity index (χ1v) is 8.84. The minimum absolute atomic E-state index is 0.0605. The summed E-state index contributed by atoms with van der Waals surface area (Å²) in [7, 11) is 0.605. The van der Waals surface area contributed by atoms with E-state index in [1.807, 2.05) is 0 Å². The van der Waals surface area contributed by atoms with Gasteiger partial charge in [0.1, 0.15) is 5.69 Å². The van der Waals surface area contributed by atoms with Crippen molar-refractivity contribution in [1.82, 2.24) is 9.13 Å². The monoisotopic (exact) mass is 484 g/mol. The number of rotatable bonds is 5. The highest BCUT2D eigenvalue weighted by atomic mass is 35.5. The van der Waals surface area contributed by atoms with Crippen LogP contribution in [0, 0.1) is 0 Å². The standard InChI is InChI=1S/C18H14ClF5N2O6/c1-16(2,14(29)30)32-13(28)9-6-8(4-5-10(9)19)26-12(27)7-11(25(3)15(26)31)17(20,21)18(22,23)24/h4-7H,1-3H3,(H,29,30). The van der Waals surface area contributed by atoms with Gasteiger partial charge in [-0.15, -0.1) is 0 Å². The largest absolute Gasteiger partial charge is 0.478 e. The number of carbonyl (C=O) groups is 2. The topological polar surface area (TPSA) is 108 Å². The highest BCUT2D eigenvalue weighted by molar-refractivity contribution is 6.33. The Bertz CT molecular complexity index is 1220. The van der Waals surface area contributed by atoms with Gasteiger partial charge in [-0.3, -0.25) is 9.36 Å². The first-order chi connectivity index (χ1) is 14.4. The van der Waals surface area contributed by atoms with Crippen LogP contribution in [0.4, 0.5) is 22.0 Å². The van der Waals surface area contributed by atoms with Crippen LogP contribution >= 0.6 is 11.6 Å². The number of carboxylic acid groups (broad SMARTS) is 1. The number of aromatic nitrogens is 2. The van der Waals surface area contributed by atoms with Gasteiger partial charge in [0, 0.05) is 13.1 Å². The first kappa shape index (κ1) is 25.0. The van der Waals surface area contributed by atoms with Gasteiger partial charge < -0.3 is 9.84 Å². The van der Waals surface area contributed by atoms with Crippen LogP contribution in [-0.2, 0) is 22.5 Å². The second-order valence-corrected chi connectivity index (χ2v) is 7.39. The summed E-state index contributed by atoms with van der Waals surface area (Å²) in [5, 5.41) is 8.78.